The quantitative estimate of drug-likeness (QED) is 0.437. The number of nitrogens with one attached hydrogen (secondary N) is 2. The van der Waals surface area contributed by atoms with Crippen molar-refractivity contribution in [2.45, 2.75) is 51.1 Å². The highest BCUT2D eigenvalue weighted by Gasteiger charge is 2.30. The van der Waals surface area contributed by atoms with Crippen LogP contribution in [0.25, 0.3) is 0 Å². The molecule has 3 rings (SSSR count). The Labute approximate surface area is 172 Å². The van der Waals surface area contributed by atoms with Gasteiger partial charge in [0.1, 0.15) is 6.29 Å². The van der Waals surface area contributed by atoms with Crippen LogP contribution in [0.4, 0.5) is 0 Å². The number of carbonyl (C=O) groups excluding carboxylic acids is 3. The summed E-state index contributed by atoms with van der Waals surface area (Å²) in [5.74, 6) is 6.76. The van der Waals surface area contributed by atoms with Crippen molar-refractivity contribution < 1.29 is 14.4 Å². The molecule has 0 aromatic heterocycles. The number of nitrogens with zero attached hydrogens (tertiary/aromatic N) is 1. The number of likely N-dealkylation sites (N-methyl/N-ethyl adjacent to an activating group) is 1. The molecule has 2 N–H and O–H groups in total. The molecular formula is C23H29N3O3. The van der Waals surface area contributed by atoms with E-state index in [1.807, 2.05) is 24.1 Å². The van der Waals surface area contributed by atoms with Crippen molar-refractivity contribution >= 4 is 18.1 Å². The number of imide groups is 1. The van der Waals surface area contributed by atoms with Gasteiger partial charge in [-0.05, 0) is 63.4 Å². The summed E-state index contributed by atoms with van der Waals surface area (Å²) < 4.78 is 0. The van der Waals surface area contributed by atoms with Crippen molar-refractivity contribution in [1.29, 1.82) is 0 Å². The zero-order valence-corrected chi connectivity index (χ0v) is 17.0. The van der Waals surface area contributed by atoms with Gasteiger partial charge in [-0.2, -0.15) is 0 Å². The monoisotopic (exact) mass is 395 g/mol. The number of rotatable bonds is 6. The highest BCUT2D eigenvalue weighted by Crippen LogP contribution is 2.20. The van der Waals surface area contributed by atoms with Gasteiger partial charge in [-0.3, -0.25) is 24.6 Å². The van der Waals surface area contributed by atoms with Crippen LogP contribution in [0.5, 0.6) is 0 Å². The number of carbonyl (C=O) groups is 3. The molecule has 0 spiro atoms. The maximum absolute atomic E-state index is 12.2. The zero-order valence-electron chi connectivity index (χ0n) is 17.0. The fourth-order valence-corrected chi connectivity index (χ4v) is 4.08. The van der Waals surface area contributed by atoms with Crippen LogP contribution < -0.4 is 10.6 Å². The van der Waals surface area contributed by atoms with Gasteiger partial charge < -0.3 is 5.32 Å². The van der Waals surface area contributed by atoms with Gasteiger partial charge in [0.05, 0.1) is 6.04 Å². The van der Waals surface area contributed by atoms with Gasteiger partial charge >= 0.3 is 0 Å². The second-order valence-corrected chi connectivity index (χ2v) is 7.91. The molecule has 1 unspecified atom stereocenters. The predicted molar refractivity (Wildman–Crippen MR) is 111 cm³/mol. The molecule has 2 aliphatic heterocycles. The van der Waals surface area contributed by atoms with Crippen LogP contribution in [-0.2, 0) is 16.1 Å². The van der Waals surface area contributed by atoms with E-state index in [0.29, 0.717) is 24.9 Å². The van der Waals surface area contributed by atoms with Crippen LogP contribution in [-0.4, -0.2) is 49.2 Å². The molecule has 0 aliphatic carbocycles. The summed E-state index contributed by atoms with van der Waals surface area (Å²) >= 11 is 0. The van der Waals surface area contributed by atoms with Crippen molar-refractivity contribution in [1.82, 2.24) is 15.5 Å². The Morgan fingerprint density at radius 2 is 2.00 bits per heavy atom. The molecule has 1 aromatic carbocycles. The molecule has 2 saturated heterocycles. The second kappa shape index (κ2) is 10.3. The molecule has 0 bridgehead atoms. The maximum Gasteiger partial charge on any atom is 0.243 e. The topological polar surface area (TPSA) is 78.5 Å². The largest absolute Gasteiger partial charge is 0.317 e. The first-order chi connectivity index (χ1) is 14.1. The summed E-state index contributed by atoms with van der Waals surface area (Å²) in [5.41, 5.74) is 2.26. The van der Waals surface area contributed by atoms with Gasteiger partial charge in [0.25, 0.3) is 0 Å². The van der Waals surface area contributed by atoms with Gasteiger partial charge in [-0.25, -0.2) is 0 Å². The molecule has 2 heterocycles. The lowest BCUT2D eigenvalue weighted by Gasteiger charge is -2.30. The second-order valence-electron chi connectivity index (χ2n) is 7.91. The summed E-state index contributed by atoms with van der Waals surface area (Å²) in [7, 11) is 1.84. The Morgan fingerprint density at radius 3 is 2.72 bits per heavy atom. The highest BCUT2D eigenvalue weighted by atomic mass is 16.2. The number of hydrogen-bond donors (Lipinski definition) is 2. The van der Waals surface area contributed by atoms with E-state index >= 15 is 0 Å². The Balaban J connectivity index is 1.69. The minimum atomic E-state index is -0.381. The molecular weight excluding hydrogens is 366 g/mol. The number of benzene rings is 1. The van der Waals surface area contributed by atoms with Crippen LogP contribution >= 0.6 is 0 Å². The van der Waals surface area contributed by atoms with Gasteiger partial charge in [0, 0.05) is 30.5 Å². The van der Waals surface area contributed by atoms with Gasteiger partial charge in [-0.15, -0.1) is 0 Å². The first-order valence-electron chi connectivity index (χ1n) is 10.4. The van der Waals surface area contributed by atoms with E-state index in [9.17, 15) is 14.4 Å². The average molecular weight is 396 g/mol. The smallest absolute Gasteiger partial charge is 0.243 e. The van der Waals surface area contributed by atoms with E-state index in [-0.39, 0.29) is 17.9 Å². The molecule has 2 amide bonds. The minimum Gasteiger partial charge on any atom is -0.317 e. The third-order valence-corrected chi connectivity index (χ3v) is 5.85. The lowest BCUT2D eigenvalue weighted by atomic mass is 9.93. The summed E-state index contributed by atoms with van der Waals surface area (Å²) in [6, 6.07) is 5.17. The molecule has 1 atom stereocenters. The van der Waals surface area contributed by atoms with E-state index in [4.69, 9.17) is 0 Å². The SMILES string of the molecule is CN(Cc1c(C#CCCC2CCNCC2)cccc1C=O)C1CCC(=O)NC1=O. The Bertz CT molecular complexity index is 818. The van der Waals surface area contributed by atoms with Crippen LogP contribution in [0.3, 0.4) is 0 Å². The van der Waals surface area contributed by atoms with E-state index in [1.165, 1.54) is 12.8 Å². The van der Waals surface area contributed by atoms with Crippen molar-refractivity contribution in [3.8, 4) is 11.8 Å². The lowest BCUT2D eigenvalue weighted by molar-refractivity contribution is -0.137. The maximum atomic E-state index is 12.2. The van der Waals surface area contributed by atoms with Crippen LogP contribution in [0.2, 0.25) is 0 Å². The molecule has 2 aliphatic rings. The van der Waals surface area contributed by atoms with Crippen molar-refractivity contribution in [3.05, 3.63) is 34.9 Å². The third kappa shape index (κ3) is 5.75. The molecule has 6 heteroatoms. The average Bonchev–Trinajstić information content (AvgIpc) is 2.72. The van der Waals surface area contributed by atoms with Gasteiger partial charge in [-0.1, -0.05) is 24.0 Å². The number of amides is 2. The molecule has 29 heavy (non-hydrogen) atoms. The van der Waals surface area contributed by atoms with Crippen LogP contribution in [0.1, 0.15) is 60.0 Å². The lowest BCUT2D eigenvalue weighted by Crippen LogP contribution is -2.51. The summed E-state index contributed by atoms with van der Waals surface area (Å²) in [5, 5.41) is 5.77. The number of hydrogen-bond acceptors (Lipinski definition) is 5. The first-order valence-corrected chi connectivity index (χ1v) is 10.4. The molecule has 1 aromatic rings. The van der Waals surface area contributed by atoms with Crippen molar-refractivity contribution in [2.24, 2.45) is 5.92 Å². The van der Waals surface area contributed by atoms with Crippen molar-refractivity contribution in [2.75, 3.05) is 20.1 Å². The zero-order chi connectivity index (χ0) is 20.6. The van der Waals surface area contributed by atoms with E-state index in [0.717, 1.165) is 49.3 Å². The Morgan fingerprint density at radius 1 is 1.21 bits per heavy atom. The summed E-state index contributed by atoms with van der Waals surface area (Å²) in [6.45, 7) is 2.62. The predicted octanol–water partition coefficient (Wildman–Crippen LogP) is 1.87. The normalized spacial score (nSPS) is 20.1. The molecule has 6 nitrogen and oxygen atoms in total. The standard InChI is InChI=1S/C23H29N3O3/c1-26(21-9-10-22(28)25-23(21)29)15-20-18(7-4-8-19(20)16-27)6-3-2-5-17-11-13-24-14-12-17/h4,7-8,16-17,21,24H,2,5,9-15H2,1H3,(H,25,28,29). The molecule has 0 saturated carbocycles. The Hall–Kier alpha value is -2.49. The van der Waals surface area contributed by atoms with Crippen LogP contribution in [0.15, 0.2) is 18.2 Å². The summed E-state index contributed by atoms with van der Waals surface area (Å²) in [6.07, 6.45) is 6.04. The molecule has 154 valence electrons. The first kappa shape index (κ1) is 21.2. The minimum absolute atomic E-state index is 0.228. The number of aldehydes is 1. The molecule has 0 radical (unpaired) electrons. The Kier molecular flexibility index (Phi) is 7.56. The third-order valence-electron chi connectivity index (χ3n) is 5.85. The number of piperidine rings is 2. The van der Waals surface area contributed by atoms with Crippen molar-refractivity contribution in [3.63, 3.8) is 0 Å². The van der Waals surface area contributed by atoms with E-state index in [2.05, 4.69) is 22.5 Å². The highest BCUT2D eigenvalue weighted by molar-refractivity contribution is 6.00. The fraction of sp³-hybridized carbons (Fsp3) is 0.522. The van der Waals surface area contributed by atoms with Gasteiger partial charge in [0.2, 0.25) is 11.8 Å². The fourth-order valence-electron chi connectivity index (χ4n) is 4.08. The molecule has 2 fully saturated rings. The van der Waals surface area contributed by atoms with E-state index < -0.39 is 0 Å². The van der Waals surface area contributed by atoms with Gasteiger partial charge in [0.15, 0.2) is 0 Å². The van der Waals surface area contributed by atoms with E-state index in [1.54, 1.807) is 6.07 Å². The van der Waals surface area contributed by atoms with Crippen LogP contribution in [0, 0.1) is 17.8 Å². The summed E-state index contributed by atoms with van der Waals surface area (Å²) in [4.78, 5) is 37.0.